The molecule has 1 aliphatic carbocycles. The maximum Gasteiger partial charge on any atom is 0.226 e. The Morgan fingerprint density at radius 3 is 2.43 bits per heavy atom. The molecule has 1 saturated heterocycles. The van der Waals surface area contributed by atoms with Gasteiger partial charge in [-0.05, 0) is 44.1 Å². The van der Waals surface area contributed by atoms with Crippen LogP contribution in [0.5, 0.6) is 0 Å². The molecule has 2 fully saturated rings. The smallest absolute Gasteiger partial charge is 0.226 e. The number of carbonyl (C=O) groups is 2. The van der Waals surface area contributed by atoms with Gasteiger partial charge < -0.3 is 16.0 Å². The van der Waals surface area contributed by atoms with E-state index in [1.807, 2.05) is 4.90 Å². The van der Waals surface area contributed by atoms with E-state index in [2.05, 4.69) is 5.32 Å². The summed E-state index contributed by atoms with van der Waals surface area (Å²) in [6.07, 6.45) is 5.23. The van der Waals surface area contributed by atoms with E-state index >= 15 is 0 Å². The fraction of sp³-hybridized carbons (Fsp3) is 0.867. The maximum absolute atomic E-state index is 12.5. The van der Waals surface area contributed by atoms with E-state index in [1.54, 1.807) is 6.92 Å². The number of hydrogen-bond acceptors (Lipinski definition) is 3. The summed E-state index contributed by atoms with van der Waals surface area (Å²) in [6.45, 7) is 4.58. The third kappa shape index (κ3) is 4.85. The molecule has 3 N–H and O–H groups in total. The zero-order valence-electron chi connectivity index (χ0n) is 12.8. The lowest BCUT2D eigenvalue weighted by atomic mass is 9.91. The third-order valence-electron chi connectivity index (χ3n) is 4.84. The Labute approximate surface area is 133 Å². The monoisotopic (exact) mass is 317 g/mol. The minimum Gasteiger partial charge on any atom is -0.356 e. The van der Waals surface area contributed by atoms with Gasteiger partial charge in [-0.1, -0.05) is 6.42 Å². The molecule has 0 aromatic rings. The van der Waals surface area contributed by atoms with Gasteiger partial charge in [0.25, 0.3) is 0 Å². The predicted octanol–water partition coefficient (Wildman–Crippen LogP) is 1.16. The summed E-state index contributed by atoms with van der Waals surface area (Å²) in [7, 11) is 0. The van der Waals surface area contributed by atoms with Crippen LogP contribution in [0.2, 0.25) is 0 Å². The van der Waals surface area contributed by atoms with Gasteiger partial charge in [0.1, 0.15) is 0 Å². The van der Waals surface area contributed by atoms with Crippen LogP contribution in [-0.4, -0.2) is 42.9 Å². The Balaban J connectivity index is 0.00000220. The molecule has 0 bridgehead atoms. The van der Waals surface area contributed by atoms with Gasteiger partial charge in [0.15, 0.2) is 0 Å². The average molecular weight is 318 g/mol. The summed E-state index contributed by atoms with van der Waals surface area (Å²) < 4.78 is 0. The molecule has 0 radical (unpaired) electrons. The van der Waals surface area contributed by atoms with Crippen LogP contribution in [0, 0.1) is 17.8 Å². The van der Waals surface area contributed by atoms with E-state index in [1.165, 1.54) is 0 Å². The Bertz CT molecular complexity index is 357. The molecule has 21 heavy (non-hydrogen) atoms. The van der Waals surface area contributed by atoms with Crippen LogP contribution in [0.15, 0.2) is 0 Å². The minimum absolute atomic E-state index is 0. The summed E-state index contributed by atoms with van der Waals surface area (Å²) in [4.78, 5) is 25.5. The van der Waals surface area contributed by atoms with Crippen molar-refractivity contribution in [1.29, 1.82) is 0 Å². The highest BCUT2D eigenvalue weighted by molar-refractivity contribution is 5.85. The molecule has 1 heterocycles. The van der Waals surface area contributed by atoms with Gasteiger partial charge in [-0.3, -0.25) is 9.59 Å². The molecule has 1 aliphatic heterocycles. The number of nitrogens with two attached hydrogens (primary N) is 1. The fourth-order valence-corrected chi connectivity index (χ4v) is 3.52. The van der Waals surface area contributed by atoms with Crippen molar-refractivity contribution in [3.8, 4) is 0 Å². The van der Waals surface area contributed by atoms with E-state index in [4.69, 9.17) is 5.73 Å². The SMILES string of the molecule is CC(=O)NCC1CCN(C(=O)[C@@H]2CCC[C@@H]2CN)CC1.Cl. The highest BCUT2D eigenvalue weighted by atomic mass is 35.5. The van der Waals surface area contributed by atoms with Crippen molar-refractivity contribution in [2.45, 2.75) is 39.0 Å². The van der Waals surface area contributed by atoms with Gasteiger partial charge in [-0.2, -0.15) is 0 Å². The van der Waals surface area contributed by atoms with Crippen molar-refractivity contribution >= 4 is 24.2 Å². The molecule has 1 saturated carbocycles. The first-order valence-corrected chi connectivity index (χ1v) is 7.85. The van der Waals surface area contributed by atoms with Crippen LogP contribution in [0.1, 0.15) is 39.0 Å². The number of piperidine rings is 1. The van der Waals surface area contributed by atoms with E-state index in [0.717, 1.165) is 51.7 Å². The molecule has 6 heteroatoms. The second kappa shape index (κ2) is 8.59. The van der Waals surface area contributed by atoms with Crippen molar-refractivity contribution < 1.29 is 9.59 Å². The molecule has 0 aromatic carbocycles. The molecule has 2 amide bonds. The summed E-state index contributed by atoms with van der Waals surface area (Å²) in [5, 5.41) is 2.87. The van der Waals surface area contributed by atoms with Gasteiger partial charge in [-0.15, -0.1) is 12.4 Å². The second-order valence-electron chi connectivity index (χ2n) is 6.24. The van der Waals surface area contributed by atoms with E-state index < -0.39 is 0 Å². The maximum atomic E-state index is 12.5. The van der Waals surface area contributed by atoms with Crippen molar-refractivity contribution in [2.75, 3.05) is 26.2 Å². The van der Waals surface area contributed by atoms with Crippen molar-refractivity contribution in [3.63, 3.8) is 0 Å². The molecular formula is C15H28ClN3O2. The Morgan fingerprint density at radius 1 is 1.19 bits per heavy atom. The lowest BCUT2D eigenvalue weighted by Gasteiger charge is -2.34. The second-order valence-corrected chi connectivity index (χ2v) is 6.24. The van der Waals surface area contributed by atoms with Gasteiger partial charge in [0.05, 0.1) is 0 Å². The number of hydrogen-bond donors (Lipinski definition) is 2. The van der Waals surface area contributed by atoms with Crippen LogP contribution in [0.25, 0.3) is 0 Å². The van der Waals surface area contributed by atoms with Crippen molar-refractivity contribution in [2.24, 2.45) is 23.5 Å². The number of likely N-dealkylation sites (tertiary alicyclic amines) is 1. The van der Waals surface area contributed by atoms with Crippen LogP contribution >= 0.6 is 12.4 Å². The lowest BCUT2D eigenvalue weighted by Crippen LogP contribution is -2.45. The summed E-state index contributed by atoms with van der Waals surface area (Å²) in [5.41, 5.74) is 5.77. The first-order chi connectivity index (χ1) is 9.61. The normalized spacial score (nSPS) is 26.3. The van der Waals surface area contributed by atoms with Gasteiger partial charge in [0, 0.05) is 32.5 Å². The van der Waals surface area contributed by atoms with Gasteiger partial charge >= 0.3 is 0 Å². The van der Waals surface area contributed by atoms with Crippen molar-refractivity contribution in [1.82, 2.24) is 10.2 Å². The summed E-state index contributed by atoms with van der Waals surface area (Å²) in [6, 6.07) is 0. The molecule has 0 spiro atoms. The quantitative estimate of drug-likeness (QED) is 0.817. The lowest BCUT2D eigenvalue weighted by molar-refractivity contribution is -0.138. The van der Waals surface area contributed by atoms with Crippen molar-refractivity contribution in [3.05, 3.63) is 0 Å². The van der Waals surface area contributed by atoms with Crippen LogP contribution in [0.3, 0.4) is 0 Å². The number of halogens is 1. The molecule has 0 aromatic heterocycles. The zero-order chi connectivity index (χ0) is 14.5. The molecule has 5 nitrogen and oxygen atoms in total. The highest BCUT2D eigenvalue weighted by Crippen LogP contribution is 2.33. The number of rotatable bonds is 4. The number of nitrogens with zero attached hydrogens (tertiary/aromatic N) is 1. The molecule has 2 aliphatic rings. The highest BCUT2D eigenvalue weighted by Gasteiger charge is 2.35. The Hall–Kier alpha value is -0.810. The topological polar surface area (TPSA) is 75.4 Å². The van der Waals surface area contributed by atoms with Crippen LogP contribution in [0.4, 0.5) is 0 Å². The largest absolute Gasteiger partial charge is 0.356 e. The number of nitrogens with one attached hydrogen (secondary N) is 1. The van der Waals surface area contributed by atoms with E-state index in [0.29, 0.717) is 24.3 Å². The van der Waals surface area contributed by atoms with E-state index in [9.17, 15) is 9.59 Å². The zero-order valence-corrected chi connectivity index (χ0v) is 13.7. The van der Waals surface area contributed by atoms with Gasteiger partial charge in [-0.25, -0.2) is 0 Å². The van der Waals surface area contributed by atoms with E-state index in [-0.39, 0.29) is 24.2 Å². The summed E-state index contributed by atoms with van der Waals surface area (Å²) >= 11 is 0. The van der Waals surface area contributed by atoms with Crippen LogP contribution < -0.4 is 11.1 Å². The molecule has 0 unspecified atom stereocenters. The first kappa shape index (κ1) is 18.2. The summed E-state index contributed by atoms with van der Waals surface area (Å²) in [5.74, 6) is 1.40. The average Bonchev–Trinajstić information content (AvgIpc) is 2.93. The molecule has 2 rings (SSSR count). The predicted molar refractivity (Wildman–Crippen MR) is 85.1 cm³/mol. The first-order valence-electron chi connectivity index (χ1n) is 7.85. The van der Waals surface area contributed by atoms with Gasteiger partial charge in [0.2, 0.25) is 11.8 Å². The molecule has 122 valence electrons. The van der Waals surface area contributed by atoms with Crippen LogP contribution in [-0.2, 0) is 9.59 Å². The Kier molecular flexibility index (Phi) is 7.46. The fourth-order valence-electron chi connectivity index (χ4n) is 3.52. The molecule has 2 atom stereocenters. The Morgan fingerprint density at radius 2 is 1.86 bits per heavy atom. The standard InChI is InChI=1S/C15H27N3O2.ClH/c1-11(19)17-10-12-5-7-18(8-6-12)15(20)14-4-2-3-13(14)9-16;/h12-14H,2-10,16H2,1H3,(H,17,19);1H/t13-,14-;/m1./s1. The molecular weight excluding hydrogens is 290 g/mol. The number of carbonyl (C=O) groups excluding carboxylic acids is 2. The number of amides is 2. The third-order valence-corrected chi connectivity index (χ3v) is 4.84. The minimum atomic E-state index is 0.